The lowest BCUT2D eigenvalue weighted by atomic mass is 9.44. The van der Waals surface area contributed by atoms with Gasteiger partial charge in [0.05, 0.1) is 12.9 Å². The van der Waals surface area contributed by atoms with Crippen molar-refractivity contribution in [1.29, 1.82) is 5.26 Å². The summed E-state index contributed by atoms with van der Waals surface area (Å²) >= 11 is 0. The van der Waals surface area contributed by atoms with Gasteiger partial charge < -0.3 is 4.57 Å². The van der Waals surface area contributed by atoms with Crippen LogP contribution in [0, 0.1) is 57.7 Å². The molecule has 0 radical (unpaired) electrons. The third kappa shape index (κ3) is 2.99. The first kappa shape index (κ1) is 20.3. The first-order chi connectivity index (χ1) is 14.3. The summed E-state index contributed by atoms with van der Waals surface area (Å²) in [5.74, 6) is 4.80. The summed E-state index contributed by atoms with van der Waals surface area (Å²) in [4.78, 5) is 17.4. The van der Waals surface area contributed by atoms with Crippen molar-refractivity contribution in [3.05, 3.63) is 18.2 Å². The molecule has 4 saturated carbocycles. The number of hydrogen-bond acceptors (Lipinski definition) is 3. The molecule has 4 aliphatic rings. The Bertz CT molecular complexity index is 868. The van der Waals surface area contributed by atoms with Crippen LogP contribution in [0.2, 0.25) is 0 Å². The Morgan fingerprint density at radius 2 is 1.90 bits per heavy atom. The largest absolute Gasteiger partial charge is 0.329 e. The van der Waals surface area contributed by atoms with Gasteiger partial charge in [-0.2, -0.15) is 5.26 Å². The first-order valence-electron chi connectivity index (χ1n) is 12.3. The molecular formula is C26H37N3O. The summed E-state index contributed by atoms with van der Waals surface area (Å²) in [7, 11) is 0. The van der Waals surface area contributed by atoms with Gasteiger partial charge in [0.2, 0.25) is 0 Å². The molecule has 4 aliphatic carbocycles. The van der Waals surface area contributed by atoms with E-state index in [4.69, 9.17) is 5.26 Å². The Hall–Kier alpha value is -1.63. The van der Waals surface area contributed by atoms with Gasteiger partial charge in [-0.3, -0.25) is 4.79 Å². The van der Waals surface area contributed by atoms with Crippen LogP contribution < -0.4 is 0 Å². The van der Waals surface area contributed by atoms with Crippen molar-refractivity contribution in [2.75, 3.05) is 0 Å². The molecule has 1 heterocycles. The number of carbonyl (C=O) groups excluding carboxylic acids is 1. The van der Waals surface area contributed by atoms with E-state index in [0.717, 1.165) is 36.0 Å². The van der Waals surface area contributed by atoms with Crippen LogP contribution in [0.5, 0.6) is 0 Å². The average Bonchev–Trinajstić information content (AvgIpc) is 3.32. The molecule has 0 aliphatic heterocycles. The summed E-state index contributed by atoms with van der Waals surface area (Å²) in [6, 6.07) is 2.06. The molecular weight excluding hydrogens is 370 g/mol. The second-order valence-electron chi connectivity index (χ2n) is 11.7. The Labute approximate surface area is 181 Å². The highest BCUT2D eigenvalue weighted by Gasteiger charge is 2.60. The lowest BCUT2D eigenvalue weighted by Crippen LogP contribution is -2.53. The molecule has 0 spiro atoms. The van der Waals surface area contributed by atoms with E-state index in [1.54, 1.807) is 17.1 Å². The number of aromatic nitrogens is 2. The number of nitrogens with zero attached hydrogens (tertiary/aromatic N) is 3. The van der Waals surface area contributed by atoms with Gasteiger partial charge in [-0.15, -0.1) is 0 Å². The summed E-state index contributed by atoms with van der Waals surface area (Å²) in [5, 5.41) is 9.01. The summed E-state index contributed by atoms with van der Waals surface area (Å²) in [6.07, 6.45) is 15.3. The van der Waals surface area contributed by atoms with Gasteiger partial charge >= 0.3 is 0 Å². The number of ketones is 1. The minimum absolute atomic E-state index is 0.169. The molecule has 8 atom stereocenters. The summed E-state index contributed by atoms with van der Waals surface area (Å²) < 4.78 is 1.80. The number of carbonyl (C=O) groups is 1. The van der Waals surface area contributed by atoms with Crippen molar-refractivity contribution in [2.45, 2.75) is 85.1 Å². The molecule has 30 heavy (non-hydrogen) atoms. The van der Waals surface area contributed by atoms with Crippen molar-refractivity contribution in [3.8, 4) is 6.07 Å². The number of fused-ring (bicyclic) bond motifs is 5. The maximum absolute atomic E-state index is 13.3. The third-order valence-corrected chi connectivity index (χ3v) is 10.4. The average molecular weight is 408 g/mol. The van der Waals surface area contributed by atoms with E-state index < -0.39 is 0 Å². The van der Waals surface area contributed by atoms with Crippen molar-refractivity contribution in [1.82, 2.24) is 9.55 Å². The maximum atomic E-state index is 13.3. The quantitative estimate of drug-likeness (QED) is 0.653. The van der Waals surface area contributed by atoms with Crippen LogP contribution in [0.3, 0.4) is 0 Å². The molecule has 162 valence electrons. The first-order valence-corrected chi connectivity index (χ1v) is 12.3. The molecule has 5 rings (SSSR count). The van der Waals surface area contributed by atoms with E-state index in [9.17, 15) is 4.79 Å². The normalized spacial score (nSPS) is 45.1. The zero-order valence-corrected chi connectivity index (χ0v) is 18.9. The van der Waals surface area contributed by atoms with E-state index in [1.807, 2.05) is 0 Å². The van der Waals surface area contributed by atoms with E-state index in [-0.39, 0.29) is 11.3 Å². The predicted molar refractivity (Wildman–Crippen MR) is 116 cm³/mol. The van der Waals surface area contributed by atoms with Crippen molar-refractivity contribution in [3.63, 3.8) is 0 Å². The van der Waals surface area contributed by atoms with Crippen LogP contribution in [0.25, 0.3) is 0 Å². The molecule has 1 aromatic heterocycles. The van der Waals surface area contributed by atoms with E-state index in [0.29, 0.717) is 23.4 Å². The van der Waals surface area contributed by atoms with Crippen LogP contribution in [0.4, 0.5) is 0 Å². The van der Waals surface area contributed by atoms with Crippen LogP contribution in [0.1, 0.15) is 84.3 Å². The summed E-state index contributed by atoms with van der Waals surface area (Å²) in [6.45, 7) is 7.89. The standard InChI is InChI=1S/C26H37N3O/c1-17-8-10-25(2)18(12-17)4-5-20-21-6-7-23(26(21,3)11-9-22(20)25)24(30)15-29-14-19(13-27)28-16-29/h14,16-18,20-23H,4-12,15H2,1-3H3/t17?,18?,20?,21?,22?,23-,25?,26?/m1/s1. The van der Waals surface area contributed by atoms with Gasteiger partial charge in [0.25, 0.3) is 0 Å². The Balaban J connectivity index is 1.34. The fourth-order valence-corrected chi connectivity index (χ4v) is 8.80. The molecule has 0 bridgehead atoms. The zero-order valence-electron chi connectivity index (χ0n) is 18.9. The smallest absolute Gasteiger partial charge is 0.158 e. The minimum Gasteiger partial charge on any atom is -0.329 e. The van der Waals surface area contributed by atoms with E-state index >= 15 is 0 Å². The highest BCUT2D eigenvalue weighted by molar-refractivity contribution is 5.82. The Morgan fingerprint density at radius 3 is 2.67 bits per heavy atom. The lowest BCUT2D eigenvalue weighted by molar-refractivity contribution is -0.137. The Kier molecular flexibility index (Phi) is 4.88. The second-order valence-corrected chi connectivity index (χ2v) is 11.7. The van der Waals surface area contributed by atoms with Crippen LogP contribution in [0.15, 0.2) is 12.5 Å². The van der Waals surface area contributed by atoms with Crippen LogP contribution in [-0.2, 0) is 11.3 Å². The SMILES string of the molecule is CC1CCC2(C)C(CCC3C2CCC2(C)C3CC[C@@H]2C(=O)Cn2cnc(C#N)c2)C1. The fourth-order valence-electron chi connectivity index (χ4n) is 8.80. The summed E-state index contributed by atoms with van der Waals surface area (Å²) in [5.41, 5.74) is 1.11. The number of hydrogen-bond donors (Lipinski definition) is 0. The third-order valence-electron chi connectivity index (χ3n) is 10.4. The Morgan fingerprint density at radius 1 is 1.13 bits per heavy atom. The predicted octanol–water partition coefficient (Wildman–Crippen LogP) is 5.62. The van der Waals surface area contributed by atoms with Gasteiger partial charge in [0.1, 0.15) is 6.07 Å². The molecule has 4 fully saturated rings. The van der Waals surface area contributed by atoms with Gasteiger partial charge in [0, 0.05) is 12.1 Å². The molecule has 0 aromatic carbocycles. The van der Waals surface area contributed by atoms with E-state index in [1.165, 1.54) is 51.4 Å². The van der Waals surface area contributed by atoms with Gasteiger partial charge in [-0.1, -0.05) is 27.2 Å². The second kappa shape index (κ2) is 7.21. The number of nitriles is 1. The highest BCUT2D eigenvalue weighted by Crippen LogP contribution is 2.67. The molecule has 4 nitrogen and oxygen atoms in total. The minimum atomic E-state index is 0.169. The highest BCUT2D eigenvalue weighted by atomic mass is 16.1. The molecule has 0 N–H and O–H groups in total. The zero-order chi connectivity index (χ0) is 21.1. The topological polar surface area (TPSA) is 58.7 Å². The number of Topliss-reactive ketones (excluding diaryl/α,β-unsaturated/α-hetero) is 1. The van der Waals surface area contributed by atoms with Crippen molar-refractivity contribution >= 4 is 5.78 Å². The molecule has 0 amide bonds. The van der Waals surface area contributed by atoms with Crippen molar-refractivity contribution < 1.29 is 4.79 Å². The van der Waals surface area contributed by atoms with Gasteiger partial charge in [0.15, 0.2) is 11.5 Å². The number of imidazole rings is 1. The van der Waals surface area contributed by atoms with Crippen LogP contribution >= 0.6 is 0 Å². The van der Waals surface area contributed by atoms with E-state index in [2.05, 4.69) is 31.8 Å². The van der Waals surface area contributed by atoms with Crippen LogP contribution in [-0.4, -0.2) is 15.3 Å². The van der Waals surface area contributed by atoms with Crippen molar-refractivity contribution in [2.24, 2.45) is 46.3 Å². The molecule has 0 saturated heterocycles. The molecule has 1 aromatic rings. The maximum Gasteiger partial charge on any atom is 0.158 e. The molecule has 7 unspecified atom stereocenters. The van der Waals surface area contributed by atoms with Gasteiger partial charge in [-0.05, 0) is 91.8 Å². The monoisotopic (exact) mass is 407 g/mol. The van der Waals surface area contributed by atoms with Gasteiger partial charge in [-0.25, -0.2) is 4.98 Å². The number of rotatable bonds is 3. The lowest BCUT2D eigenvalue weighted by Gasteiger charge is -2.61. The fraction of sp³-hybridized carbons (Fsp3) is 0.808. The molecule has 4 heteroatoms.